The molecule has 0 spiro atoms. The molecule has 1 aromatic carbocycles. The Morgan fingerprint density at radius 3 is 2.94 bits per heavy atom. The van der Waals surface area contributed by atoms with Gasteiger partial charge in [0, 0.05) is 11.0 Å². The van der Waals surface area contributed by atoms with Crippen LogP contribution in [0.15, 0.2) is 22.7 Å². The summed E-state index contributed by atoms with van der Waals surface area (Å²) in [6.45, 7) is 1.04. The maximum Gasteiger partial charge on any atom is 0.124 e. The molecule has 1 aliphatic carbocycles. The van der Waals surface area contributed by atoms with E-state index in [4.69, 9.17) is 11.6 Å². The molecule has 0 aliphatic heterocycles. The van der Waals surface area contributed by atoms with E-state index in [9.17, 15) is 0 Å². The minimum Gasteiger partial charge on any atom is -0.327 e. The molecule has 18 heavy (non-hydrogen) atoms. The molecule has 1 heterocycles. The lowest BCUT2D eigenvalue weighted by atomic mass is 10.2. The molecule has 0 bridgehead atoms. The second-order valence-corrected chi connectivity index (χ2v) is 6.21. The van der Waals surface area contributed by atoms with Gasteiger partial charge in [-0.3, -0.25) is 0 Å². The number of imidazole rings is 1. The zero-order valence-corrected chi connectivity index (χ0v) is 12.5. The van der Waals surface area contributed by atoms with Gasteiger partial charge < -0.3 is 4.57 Å². The molecule has 0 N–H and O–H groups in total. The van der Waals surface area contributed by atoms with Crippen LogP contribution in [-0.4, -0.2) is 9.55 Å². The Labute approximate surface area is 120 Å². The SMILES string of the molecule is ClCc1nc2cc(Br)ccc2n1CCCC1CC1. The van der Waals surface area contributed by atoms with Crippen LogP contribution in [0.4, 0.5) is 0 Å². The number of alkyl halides is 1. The normalized spacial score (nSPS) is 15.4. The van der Waals surface area contributed by atoms with Crippen molar-refractivity contribution in [3.05, 3.63) is 28.5 Å². The van der Waals surface area contributed by atoms with E-state index < -0.39 is 0 Å². The minimum absolute atomic E-state index is 0.482. The van der Waals surface area contributed by atoms with Crippen molar-refractivity contribution in [1.82, 2.24) is 9.55 Å². The fourth-order valence-corrected chi connectivity index (χ4v) is 3.00. The van der Waals surface area contributed by atoms with Crippen molar-refractivity contribution in [2.24, 2.45) is 5.92 Å². The topological polar surface area (TPSA) is 17.8 Å². The summed E-state index contributed by atoms with van der Waals surface area (Å²) in [6.07, 6.45) is 5.44. The van der Waals surface area contributed by atoms with E-state index in [2.05, 4.69) is 43.7 Å². The molecule has 0 radical (unpaired) electrons. The summed E-state index contributed by atoms with van der Waals surface area (Å²) in [5.74, 6) is 2.46. The van der Waals surface area contributed by atoms with Crippen LogP contribution < -0.4 is 0 Å². The molecular weight excluding hydrogens is 312 g/mol. The zero-order valence-electron chi connectivity index (χ0n) is 10.2. The molecule has 0 atom stereocenters. The van der Waals surface area contributed by atoms with Gasteiger partial charge in [-0.1, -0.05) is 28.8 Å². The van der Waals surface area contributed by atoms with Crippen molar-refractivity contribution in [2.45, 2.75) is 38.1 Å². The van der Waals surface area contributed by atoms with Crippen LogP contribution in [0.2, 0.25) is 0 Å². The maximum atomic E-state index is 6.00. The van der Waals surface area contributed by atoms with Gasteiger partial charge in [0.25, 0.3) is 0 Å². The summed E-state index contributed by atoms with van der Waals surface area (Å²) in [7, 11) is 0. The third-order valence-electron chi connectivity index (χ3n) is 3.60. The number of benzene rings is 1. The van der Waals surface area contributed by atoms with E-state index in [-0.39, 0.29) is 0 Å². The monoisotopic (exact) mass is 326 g/mol. The van der Waals surface area contributed by atoms with Gasteiger partial charge in [-0.15, -0.1) is 11.6 Å². The Morgan fingerprint density at radius 2 is 2.22 bits per heavy atom. The first kappa shape index (κ1) is 12.5. The molecule has 1 saturated carbocycles. The second kappa shape index (κ2) is 5.22. The quantitative estimate of drug-likeness (QED) is 0.726. The molecule has 4 heteroatoms. The van der Waals surface area contributed by atoms with Crippen molar-refractivity contribution in [1.29, 1.82) is 0 Å². The smallest absolute Gasteiger partial charge is 0.124 e. The highest BCUT2D eigenvalue weighted by Gasteiger charge is 2.20. The Bertz CT molecular complexity index is 560. The number of hydrogen-bond donors (Lipinski definition) is 0. The summed E-state index contributed by atoms with van der Waals surface area (Å²) in [5.41, 5.74) is 2.23. The van der Waals surface area contributed by atoms with Gasteiger partial charge in [0.1, 0.15) is 5.82 Å². The first-order chi connectivity index (χ1) is 8.78. The Kier molecular flexibility index (Phi) is 3.62. The average Bonchev–Trinajstić information content (AvgIpc) is 3.11. The maximum absolute atomic E-state index is 6.00. The summed E-state index contributed by atoms with van der Waals surface area (Å²) in [5, 5.41) is 0. The van der Waals surface area contributed by atoms with Gasteiger partial charge >= 0.3 is 0 Å². The van der Waals surface area contributed by atoms with Gasteiger partial charge in [-0.25, -0.2) is 4.98 Å². The molecule has 0 amide bonds. The summed E-state index contributed by atoms with van der Waals surface area (Å²) >= 11 is 9.49. The van der Waals surface area contributed by atoms with E-state index in [0.717, 1.165) is 28.3 Å². The first-order valence-electron chi connectivity index (χ1n) is 6.48. The lowest BCUT2D eigenvalue weighted by Crippen LogP contribution is -2.02. The number of fused-ring (bicyclic) bond motifs is 1. The Hall–Kier alpha value is -0.540. The molecule has 2 nitrogen and oxygen atoms in total. The Morgan fingerprint density at radius 1 is 1.39 bits per heavy atom. The molecule has 3 rings (SSSR count). The number of aromatic nitrogens is 2. The standard InChI is InChI=1S/C14H16BrClN2/c15-11-5-6-13-12(8-11)17-14(9-16)18(13)7-1-2-10-3-4-10/h5-6,8,10H,1-4,7,9H2. The highest BCUT2D eigenvalue weighted by molar-refractivity contribution is 9.10. The van der Waals surface area contributed by atoms with Crippen LogP contribution in [0.3, 0.4) is 0 Å². The molecule has 0 saturated heterocycles. The molecule has 0 unspecified atom stereocenters. The lowest BCUT2D eigenvalue weighted by Gasteiger charge is -2.07. The van der Waals surface area contributed by atoms with Crippen LogP contribution >= 0.6 is 27.5 Å². The van der Waals surface area contributed by atoms with E-state index >= 15 is 0 Å². The molecule has 1 aromatic heterocycles. The van der Waals surface area contributed by atoms with E-state index in [0.29, 0.717) is 5.88 Å². The fraction of sp³-hybridized carbons (Fsp3) is 0.500. The van der Waals surface area contributed by atoms with Crippen LogP contribution in [0.1, 0.15) is 31.5 Å². The highest BCUT2D eigenvalue weighted by Crippen LogP contribution is 2.34. The molecule has 96 valence electrons. The van der Waals surface area contributed by atoms with Gasteiger partial charge in [0.15, 0.2) is 0 Å². The molecule has 2 aromatic rings. The third-order valence-corrected chi connectivity index (χ3v) is 4.33. The van der Waals surface area contributed by atoms with Crippen LogP contribution in [0, 0.1) is 5.92 Å². The van der Waals surface area contributed by atoms with E-state index in [1.165, 1.54) is 31.2 Å². The predicted octanol–water partition coefficient (Wildman–Crippen LogP) is 4.73. The molecule has 1 fully saturated rings. The number of rotatable bonds is 5. The minimum atomic E-state index is 0.482. The average molecular weight is 328 g/mol. The largest absolute Gasteiger partial charge is 0.327 e. The van der Waals surface area contributed by atoms with E-state index in [1.807, 2.05) is 0 Å². The van der Waals surface area contributed by atoms with Crippen LogP contribution in [0.25, 0.3) is 11.0 Å². The fourth-order valence-electron chi connectivity index (χ4n) is 2.45. The number of hydrogen-bond acceptors (Lipinski definition) is 1. The van der Waals surface area contributed by atoms with Crippen LogP contribution in [-0.2, 0) is 12.4 Å². The lowest BCUT2D eigenvalue weighted by molar-refractivity contribution is 0.576. The Balaban J connectivity index is 1.86. The molecular formula is C14H16BrClN2. The van der Waals surface area contributed by atoms with Crippen molar-refractivity contribution in [2.75, 3.05) is 0 Å². The summed E-state index contributed by atoms with van der Waals surface area (Å²) < 4.78 is 3.34. The molecule has 1 aliphatic rings. The number of halogens is 2. The van der Waals surface area contributed by atoms with Gasteiger partial charge in [-0.2, -0.15) is 0 Å². The summed E-state index contributed by atoms with van der Waals surface area (Å²) in [4.78, 5) is 4.61. The predicted molar refractivity (Wildman–Crippen MR) is 78.9 cm³/mol. The van der Waals surface area contributed by atoms with Gasteiger partial charge in [0.2, 0.25) is 0 Å². The van der Waals surface area contributed by atoms with Crippen LogP contribution in [0.5, 0.6) is 0 Å². The first-order valence-corrected chi connectivity index (χ1v) is 7.81. The second-order valence-electron chi connectivity index (χ2n) is 5.03. The van der Waals surface area contributed by atoms with Gasteiger partial charge in [-0.05, 0) is 37.0 Å². The van der Waals surface area contributed by atoms with Crippen molar-refractivity contribution < 1.29 is 0 Å². The zero-order chi connectivity index (χ0) is 12.5. The summed E-state index contributed by atoms with van der Waals surface area (Å²) in [6, 6.07) is 6.25. The highest BCUT2D eigenvalue weighted by atomic mass is 79.9. The van der Waals surface area contributed by atoms with Gasteiger partial charge in [0.05, 0.1) is 16.9 Å². The van der Waals surface area contributed by atoms with Crippen molar-refractivity contribution in [3.63, 3.8) is 0 Å². The van der Waals surface area contributed by atoms with E-state index in [1.54, 1.807) is 0 Å². The third kappa shape index (κ3) is 2.57. The van der Waals surface area contributed by atoms with Crippen molar-refractivity contribution in [3.8, 4) is 0 Å². The number of nitrogens with zero attached hydrogens (tertiary/aromatic N) is 2. The number of aryl methyl sites for hydroxylation is 1. The van der Waals surface area contributed by atoms with Crippen molar-refractivity contribution >= 4 is 38.6 Å².